The predicted octanol–water partition coefficient (Wildman–Crippen LogP) is 0.119. The van der Waals surface area contributed by atoms with E-state index in [2.05, 4.69) is 26.4 Å². The van der Waals surface area contributed by atoms with Crippen LogP contribution in [-0.2, 0) is 6.42 Å². The second kappa shape index (κ2) is 4.42. The molecule has 0 saturated heterocycles. The first-order valence-corrected chi connectivity index (χ1v) is 4.35. The van der Waals surface area contributed by atoms with Crippen LogP contribution in [0, 0.1) is 12.3 Å². The number of hydrogen-bond donors (Lipinski definition) is 2. The van der Waals surface area contributed by atoms with E-state index < -0.39 is 0 Å². The topological polar surface area (TPSA) is 70.7 Å². The molecule has 0 aliphatic heterocycles. The second-order valence-corrected chi connectivity index (χ2v) is 2.82. The summed E-state index contributed by atoms with van der Waals surface area (Å²) in [6.07, 6.45) is 5.83. The summed E-state index contributed by atoms with van der Waals surface area (Å²) in [6.45, 7) is 3.64. The van der Waals surface area contributed by atoms with Crippen molar-refractivity contribution in [2.45, 2.75) is 26.3 Å². The summed E-state index contributed by atoms with van der Waals surface area (Å²) in [5.41, 5.74) is 0. The van der Waals surface area contributed by atoms with Gasteiger partial charge in [-0.1, -0.05) is 12.8 Å². The summed E-state index contributed by atoms with van der Waals surface area (Å²) in [5.74, 6) is 2.85. The highest BCUT2D eigenvalue weighted by atomic mass is 16.2. The van der Waals surface area contributed by atoms with Gasteiger partial charge < -0.3 is 5.32 Å². The third-order valence-electron chi connectivity index (χ3n) is 1.67. The fourth-order valence-electron chi connectivity index (χ4n) is 0.858. The van der Waals surface area contributed by atoms with Crippen LogP contribution >= 0.6 is 0 Å². The first-order chi connectivity index (χ1) is 6.67. The van der Waals surface area contributed by atoms with Gasteiger partial charge in [-0.15, -0.1) is 11.5 Å². The first-order valence-electron chi connectivity index (χ1n) is 4.35. The average molecular weight is 192 g/mol. The molecule has 14 heavy (non-hydrogen) atoms. The van der Waals surface area contributed by atoms with Crippen molar-refractivity contribution in [3.63, 3.8) is 0 Å². The minimum absolute atomic E-state index is 0.129. The van der Waals surface area contributed by atoms with E-state index in [1.165, 1.54) is 0 Å². The first kappa shape index (κ1) is 10.3. The Hall–Kier alpha value is -1.83. The van der Waals surface area contributed by atoms with Gasteiger partial charge in [-0.3, -0.25) is 9.89 Å². The van der Waals surface area contributed by atoms with Gasteiger partial charge in [0, 0.05) is 6.42 Å². The van der Waals surface area contributed by atoms with Crippen molar-refractivity contribution < 1.29 is 4.79 Å². The van der Waals surface area contributed by atoms with E-state index in [1.54, 1.807) is 6.92 Å². The third kappa shape index (κ3) is 2.33. The van der Waals surface area contributed by atoms with Crippen LogP contribution < -0.4 is 5.32 Å². The summed E-state index contributed by atoms with van der Waals surface area (Å²) < 4.78 is 0. The highest BCUT2D eigenvalue weighted by Crippen LogP contribution is 1.93. The zero-order valence-corrected chi connectivity index (χ0v) is 8.16. The van der Waals surface area contributed by atoms with Crippen LogP contribution in [0.1, 0.15) is 30.3 Å². The van der Waals surface area contributed by atoms with Crippen molar-refractivity contribution in [1.82, 2.24) is 20.5 Å². The Balaban J connectivity index is 2.66. The molecule has 1 aromatic rings. The molecule has 5 heteroatoms. The van der Waals surface area contributed by atoms with E-state index in [1.807, 2.05) is 6.92 Å². The van der Waals surface area contributed by atoms with E-state index in [0.717, 1.165) is 0 Å². The molecule has 0 spiro atoms. The minimum atomic E-state index is -0.355. The van der Waals surface area contributed by atoms with E-state index in [4.69, 9.17) is 6.42 Å². The lowest BCUT2D eigenvalue weighted by atomic mass is 10.3. The van der Waals surface area contributed by atoms with Gasteiger partial charge in [0.15, 0.2) is 0 Å². The Morgan fingerprint density at radius 2 is 2.50 bits per heavy atom. The number of nitrogens with one attached hydrogen (secondary N) is 2. The van der Waals surface area contributed by atoms with Gasteiger partial charge in [-0.05, 0) is 6.92 Å². The molecular weight excluding hydrogens is 180 g/mol. The quantitative estimate of drug-likeness (QED) is 0.668. The van der Waals surface area contributed by atoms with Crippen molar-refractivity contribution in [2.75, 3.05) is 0 Å². The molecule has 1 rings (SSSR count). The normalized spacial score (nSPS) is 11.8. The fraction of sp³-hybridized carbons (Fsp3) is 0.444. The smallest absolute Gasteiger partial charge is 0.291 e. The highest BCUT2D eigenvalue weighted by molar-refractivity contribution is 5.90. The molecule has 1 aromatic heterocycles. The lowest BCUT2D eigenvalue weighted by Crippen LogP contribution is -2.32. The standard InChI is InChI=1S/C9H12N4O/c1-4-6(3)10-9(14)8-11-7(5-2)12-13-8/h1,6H,5H2,2-3H3,(H,10,14)(H,11,12,13). The molecule has 1 unspecified atom stereocenters. The number of aryl methyl sites for hydroxylation is 1. The molecule has 2 N–H and O–H groups in total. The summed E-state index contributed by atoms with van der Waals surface area (Å²) in [5, 5.41) is 8.97. The van der Waals surface area contributed by atoms with Gasteiger partial charge in [0.05, 0.1) is 6.04 Å². The van der Waals surface area contributed by atoms with Gasteiger partial charge in [0.2, 0.25) is 5.82 Å². The number of carbonyl (C=O) groups is 1. The number of hydrogen-bond acceptors (Lipinski definition) is 3. The fourth-order valence-corrected chi connectivity index (χ4v) is 0.858. The molecule has 0 aliphatic carbocycles. The molecule has 74 valence electrons. The average Bonchev–Trinajstić information content (AvgIpc) is 2.65. The van der Waals surface area contributed by atoms with Crippen LogP contribution in [-0.4, -0.2) is 27.1 Å². The van der Waals surface area contributed by atoms with E-state index >= 15 is 0 Å². The summed E-state index contributed by atoms with van der Waals surface area (Å²) in [4.78, 5) is 15.4. The molecular formula is C9H12N4O. The lowest BCUT2D eigenvalue weighted by molar-refractivity contribution is 0.0938. The summed E-state index contributed by atoms with van der Waals surface area (Å²) in [6, 6.07) is -0.314. The summed E-state index contributed by atoms with van der Waals surface area (Å²) in [7, 11) is 0. The molecule has 0 bridgehead atoms. The van der Waals surface area contributed by atoms with Crippen molar-refractivity contribution in [3.8, 4) is 12.3 Å². The monoisotopic (exact) mass is 192 g/mol. The van der Waals surface area contributed by atoms with E-state index in [0.29, 0.717) is 12.2 Å². The van der Waals surface area contributed by atoms with E-state index in [9.17, 15) is 4.79 Å². The number of amides is 1. The summed E-state index contributed by atoms with van der Waals surface area (Å²) >= 11 is 0. The molecule has 0 fully saturated rings. The number of carbonyl (C=O) groups excluding carboxylic acids is 1. The number of nitrogens with zero attached hydrogens (tertiary/aromatic N) is 2. The number of rotatable bonds is 3. The number of aromatic amines is 1. The SMILES string of the molecule is C#CC(C)NC(=O)c1n[nH]c(CC)n1. The molecule has 0 saturated carbocycles. The molecule has 0 radical (unpaired) electrons. The maximum Gasteiger partial charge on any atom is 0.291 e. The molecule has 1 atom stereocenters. The zero-order valence-electron chi connectivity index (χ0n) is 8.16. The Kier molecular flexibility index (Phi) is 3.24. The Morgan fingerprint density at radius 1 is 1.79 bits per heavy atom. The van der Waals surface area contributed by atoms with Gasteiger partial charge in [-0.25, -0.2) is 4.98 Å². The van der Waals surface area contributed by atoms with Crippen LogP contribution in [0.25, 0.3) is 0 Å². The predicted molar refractivity (Wildman–Crippen MR) is 51.5 cm³/mol. The second-order valence-electron chi connectivity index (χ2n) is 2.82. The van der Waals surface area contributed by atoms with Crippen molar-refractivity contribution >= 4 is 5.91 Å². The van der Waals surface area contributed by atoms with Crippen LogP contribution in [0.3, 0.4) is 0 Å². The molecule has 0 aromatic carbocycles. The highest BCUT2D eigenvalue weighted by Gasteiger charge is 2.12. The molecule has 1 heterocycles. The van der Waals surface area contributed by atoms with Crippen molar-refractivity contribution in [2.24, 2.45) is 0 Å². The van der Waals surface area contributed by atoms with Gasteiger partial charge in [0.1, 0.15) is 5.82 Å². The number of H-pyrrole nitrogens is 1. The molecule has 5 nitrogen and oxygen atoms in total. The molecule has 0 aliphatic rings. The largest absolute Gasteiger partial charge is 0.336 e. The van der Waals surface area contributed by atoms with Gasteiger partial charge in [-0.2, -0.15) is 0 Å². The Bertz CT molecular complexity index is 363. The Labute approximate surface area is 82.3 Å². The van der Waals surface area contributed by atoms with Crippen LogP contribution in [0.5, 0.6) is 0 Å². The minimum Gasteiger partial charge on any atom is -0.336 e. The van der Waals surface area contributed by atoms with Crippen molar-refractivity contribution in [1.29, 1.82) is 0 Å². The van der Waals surface area contributed by atoms with Gasteiger partial charge in [0.25, 0.3) is 5.91 Å². The Morgan fingerprint density at radius 3 is 3.00 bits per heavy atom. The van der Waals surface area contributed by atoms with Crippen molar-refractivity contribution in [3.05, 3.63) is 11.6 Å². The van der Waals surface area contributed by atoms with E-state index in [-0.39, 0.29) is 17.8 Å². The van der Waals surface area contributed by atoms with Gasteiger partial charge >= 0.3 is 0 Å². The van der Waals surface area contributed by atoms with Crippen LogP contribution in [0.15, 0.2) is 0 Å². The maximum atomic E-state index is 11.4. The van der Waals surface area contributed by atoms with Crippen LogP contribution in [0.2, 0.25) is 0 Å². The third-order valence-corrected chi connectivity index (χ3v) is 1.67. The number of terminal acetylenes is 1. The number of aromatic nitrogens is 3. The van der Waals surface area contributed by atoms with Crippen LogP contribution in [0.4, 0.5) is 0 Å². The maximum absolute atomic E-state index is 11.4. The molecule has 1 amide bonds. The zero-order chi connectivity index (χ0) is 10.6. The lowest BCUT2D eigenvalue weighted by Gasteiger charge is -2.03.